The van der Waals surface area contributed by atoms with E-state index in [1.807, 2.05) is 12.1 Å². The van der Waals surface area contributed by atoms with Gasteiger partial charge in [0.05, 0.1) is 11.9 Å². The summed E-state index contributed by atoms with van der Waals surface area (Å²) in [4.78, 5) is 4.02. The van der Waals surface area contributed by atoms with Crippen LogP contribution in [0.25, 0.3) is 0 Å². The largest absolute Gasteiger partial charge is 0.384 e. The summed E-state index contributed by atoms with van der Waals surface area (Å²) in [5.74, 6) is 0.550. The molecule has 0 atom stereocenters. The predicted molar refractivity (Wildman–Crippen MR) is 67.3 cm³/mol. The molecule has 1 aromatic carbocycles. The summed E-state index contributed by atoms with van der Waals surface area (Å²) in [5.41, 5.74) is 7.84. The molecule has 0 unspecified atom stereocenters. The molecule has 2 aromatic rings. The van der Waals surface area contributed by atoms with E-state index >= 15 is 0 Å². The van der Waals surface area contributed by atoms with Crippen LogP contribution in [0.1, 0.15) is 5.56 Å². The molecule has 0 fully saturated rings. The van der Waals surface area contributed by atoms with E-state index in [4.69, 9.17) is 5.73 Å². The summed E-state index contributed by atoms with van der Waals surface area (Å²) < 4.78 is 0. The van der Waals surface area contributed by atoms with Gasteiger partial charge < -0.3 is 11.1 Å². The van der Waals surface area contributed by atoms with Crippen molar-refractivity contribution < 1.29 is 0 Å². The molecule has 1 aromatic heterocycles. The number of nitrogen functional groups attached to an aromatic ring is 1. The van der Waals surface area contributed by atoms with Gasteiger partial charge in [0.1, 0.15) is 5.82 Å². The monoisotopic (exact) mass is 213 g/mol. The maximum atomic E-state index is 5.51. The Hall–Kier alpha value is -2.03. The van der Waals surface area contributed by atoms with Crippen LogP contribution in [0, 0.1) is 0 Å². The Morgan fingerprint density at radius 1 is 1.06 bits per heavy atom. The average molecular weight is 213 g/mol. The molecule has 2 rings (SSSR count). The first-order chi connectivity index (χ1) is 7.84. The zero-order chi connectivity index (χ0) is 11.2. The van der Waals surface area contributed by atoms with Crippen LogP contribution in [0.4, 0.5) is 11.5 Å². The van der Waals surface area contributed by atoms with Crippen LogP contribution < -0.4 is 11.1 Å². The van der Waals surface area contributed by atoms with Crippen LogP contribution in [-0.2, 0) is 6.42 Å². The first kappa shape index (κ1) is 10.5. The van der Waals surface area contributed by atoms with E-state index in [9.17, 15) is 0 Å². The minimum atomic E-state index is 0.550. The number of nitrogens with two attached hydrogens (primary N) is 1. The Morgan fingerprint density at radius 3 is 2.56 bits per heavy atom. The lowest BCUT2D eigenvalue weighted by Gasteiger charge is -2.05. The van der Waals surface area contributed by atoms with Crippen molar-refractivity contribution in [2.24, 2.45) is 0 Å². The average Bonchev–Trinajstić information content (AvgIpc) is 2.33. The highest BCUT2D eigenvalue weighted by molar-refractivity contribution is 5.45. The van der Waals surface area contributed by atoms with E-state index in [1.54, 1.807) is 12.3 Å². The number of pyridine rings is 1. The van der Waals surface area contributed by atoms with E-state index in [0.717, 1.165) is 18.7 Å². The molecule has 1 heterocycles. The van der Waals surface area contributed by atoms with Crippen molar-refractivity contribution in [3.8, 4) is 0 Å². The number of hydrogen-bond donors (Lipinski definition) is 2. The summed E-state index contributed by atoms with van der Waals surface area (Å²) >= 11 is 0. The molecular formula is C13H15N3. The highest BCUT2D eigenvalue weighted by Crippen LogP contribution is 2.07. The normalized spacial score (nSPS) is 10.0. The Labute approximate surface area is 95.3 Å². The number of hydrogen-bond acceptors (Lipinski definition) is 3. The van der Waals surface area contributed by atoms with Gasteiger partial charge >= 0.3 is 0 Å². The lowest BCUT2D eigenvalue weighted by atomic mass is 10.1. The molecule has 0 aliphatic carbocycles. The van der Waals surface area contributed by atoms with E-state index in [0.29, 0.717) is 5.82 Å². The minimum absolute atomic E-state index is 0.550. The molecule has 3 nitrogen and oxygen atoms in total. The van der Waals surface area contributed by atoms with Crippen molar-refractivity contribution in [2.45, 2.75) is 6.42 Å². The van der Waals surface area contributed by atoms with Gasteiger partial charge in [-0.15, -0.1) is 0 Å². The molecule has 0 radical (unpaired) electrons. The van der Waals surface area contributed by atoms with Crippen molar-refractivity contribution in [1.29, 1.82) is 0 Å². The lowest BCUT2D eigenvalue weighted by Crippen LogP contribution is -2.05. The van der Waals surface area contributed by atoms with Crippen LogP contribution in [0.2, 0.25) is 0 Å². The summed E-state index contributed by atoms with van der Waals surface area (Å²) in [6, 6.07) is 14.1. The Bertz CT molecular complexity index is 423. The fourth-order valence-corrected chi connectivity index (χ4v) is 1.51. The number of nitrogens with zero attached hydrogens (tertiary/aromatic N) is 1. The van der Waals surface area contributed by atoms with Crippen molar-refractivity contribution in [3.63, 3.8) is 0 Å². The van der Waals surface area contributed by atoms with Gasteiger partial charge in [-0.1, -0.05) is 30.3 Å². The van der Waals surface area contributed by atoms with Crippen molar-refractivity contribution >= 4 is 11.5 Å². The molecule has 82 valence electrons. The minimum Gasteiger partial charge on any atom is -0.384 e. The summed E-state index contributed by atoms with van der Waals surface area (Å²) in [6.45, 7) is 0.898. The standard InChI is InChI=1S/C13H15N3/c14-13-7-6-12(10-16-13)15-9-8-11-4-2-1-3-5-11/h1-7,10,15H,8-9H2,(H2,14,16). The van der Waals surface area contributed by atoms with Gasteiger partial charge in [-0.25, -0.2) is 4.98 Å². The molecule has 0 aliphatic rings. The summed E-state index contributed by atoms with van der Waals surface area (Å²) in [7, 11) is 0. The number of anilines is 2. The van der Waals surface area contributed by atoms with Crippen LogP contribution in [0.15, 0.2) is 48.7 Å². The highest BCUT2D eigenvalue weighted by atomic mass is 14.9. The third kappa shape index (κ3) is 2.98. The molecule has 3 heteroatoms. The third-order valence-electron chi connectivity index (χ3n) is 2.37. The molecule has 0 aliphatic heterocycles. The Morgan fingerprint density at radius 2 is 1.88 bits per heavy atom. The fourth-order valence-electron chi connectivity index (χ4n) is 1.51. The van der Waals surface area contributed by atoms with Gasteiger partial charge in [0, 0.05) is 6.54 Å². The molecule has 0 saturated carbocycles. The van der Waals surface area contributed by atoms with E-state index in [1.165, 1.54) is 5.56 Å². The summed E-state index contributed by atoms with van der Waals surface area (Å²) in [5, 5.41) is 3.30. The van der Waals surface area contributed by atoms with Gasteiger partial charge in [-0.2, -0.15) is 0 Å². The van der Waals surface area contributed by atoms with E-state index < -0.39 is 0 Å². The highest BCUT2D eigenvalue weighted by Gasteiger charge is 1.93. The second-order valence-electron chi connectivity index (χ2n) is 3.63. The zero-order valence-electron chi connectivity index (χ0n) is 9.06. The molecule has 0 bridgehead atoms. The lowest BCUT2D eigenvalue weighted by molar-refractivity contribution is 1.02. The molecule has 3 N–H and O–H groups in total. The number of nitrogens with one attached hydrogen (secondary N) is 1. The Balaban J connectivity index is 1.82. The van der Waals surface area contributed by atoms with E-state index in [-0.39, 0.29) is 0 Å². The van der Waals surface area contributed by atoms with Crippen LogP contribution in [0.5, 0.6) is 0 Å². The molecule has 16 heavy (non-hydrogen) atoms. The topological polar surface area (TPSA) is 50.9 Å². The van der Waals surface area contributed by atoms with Gasteiger partial charge in [0.25, 0.3) is 0 Å². The number of benzene rings is 1. The van der Waals surface area contributed by atoms with Crippen molar-refractivity contribution in [1.82, 2.24) is 4.98 Å². The maximum absolute atomic E-state index is 5.51. The van der Waals surface area contributed by atoms with Crippen LogP contribution >= 0.6 is 0 Å². The predicted octanol–water partition coefficient (Wildman–Crippen LogP) is 2.32. The third-order valence-corrected chi connectivity index (χ3v) is 2.37. The smallest absolute Gasteiger partial charge is 0.123 e. The maximum Gasteiger partial charge on any atom is 0.123 e. The van der Waals surface area contributed by atoms with Crippen molar-refractivity contribution in [3.05, 3.63) is 54.2 Å². The van der Waals surface area contributed by atoms with Gasteiger partial charge in [0.15, 0.2) is 0 Å². The van der Waals surface area contributed by atoms with Crippen molar-refractivity contribution in [2.75, 3.05) is 17.6 Å². The van der Waals surface area contributed by atoms with Gasteiger partial charge in [-0.05, 0) is 24.1 Å². The number of aromatic nitrogens is 1. The molecule has 0 spiro atoms. The fraction of sp³-hybridized carbons (Fsp3) is 0.154. The zero-order valence-corrected chi connectivity index (χ0v) is 9.06. The first-order valence-corrected chi connectivity index (χ1v) is 5.34. The first-order valence-electron chi connectivity index (χ1n) is 5.34. The molecule has 0 amide bonds. The Kier molecular flexibility index (Phi) is 3.38. The van der Waals surface area contributed by atoms with E-state index in [2.05, 4.69) is 34.6 Å². The van der Waals surface area contributed by atoms with Gasteiger partial charge in [-0.3, -0.25) is 0 Å². The SMILES string of the molecule is Nc1ccc(NCCc2ccccc2)cn1. The molecule has 0 saturated heterocycles. The van der Waals surface area contributed by atoms with Gasteiger partial charge in [0.2, 0.25) is 0 Å². The van der Waals surface area contributed by atoms with Crippen LogP contribution in [0.3, 0.4) is 0 Å². The molecular weight excluding hydrogens is 198 g/mol. The quantitative estimate of drug-likeness (QED) is 0.819. The second kappa shape index (κ2) is 5.16. The number of rotatable bonds is 4. The second-order valence-corrected chi connectivity index (χ2v) is 3.63. The summed E-state index contributed by atoms with van der Waals surface area (Å²) in [6.07, 6.45) is 2.76. The van der Waals surface area contributed by atoms with Crippen LogP contribution in [-0.4, -0.2) is 11.5 Å².